The van der Waals surface area contributed by atoms with Gasteiger partial charge in [0.25, 0.3) is 11.6 Å². The second kappa shape index (κ2) is 8.73. The Morgan fingerprint density at radius 2 is 2.07 bits per heavy atom. The lowest BCUT2D eigenvalue weighted by atomic mass is 10.00. The number of hydrogen-bond donors (Lipinski definition) is 0. The van der Waals surface area contributed by atoms with Crippen LogP contribution in [0.5, 0.6) is 11.5 Å². The zero-order chi connectivity index (χ0) is 20.1. The minimum absolute atomic E-state index is 0.0148. The van der Waals surface area contributed by atoms with E-state index in [-0.39, 0.29) is 42.3 Å². The van der Waals surface area contributed by atoms with E-state index in [0.29, 0.717) is 12.3 Å². The summed E-state index contributed by atoms with van der Waals surface area (Å²) in [5.74, 6) is -0.318. The Hall–Kier alpha value is -3.10. The molecular formula is C19H22N2O7. The highest BCUT2D eigenvalue weighted by Gasteiger charge is 2.26. The Morgan fingerprint density at radius 1 is 1.32 bits per heavy atom. The van der Waals surface area contributed by atoms with E-state index in [2.05, 4.69) is 0 Å². The van der Waals surface area contributed by atoms with Crippen molar-refractivity contribution >= 4 is 23.6 Å². The van der Waals surface area contributed by atoms with Crippen molar-refractivity contribution in [3.05, 3.63) is 33.9 Å². The van der Waals surface area contributed by atoms with Crippen LogP contribution in [0.15, 0.2) is 18.2 Å². The second-order valence-electron chi connectivity index (χ2n) is 6.61. The summed E-state index contributed by atoms with van der Waals surface area (Å²) in [5.41, 5.74) is -0.0388. The zero-order valence-corrected chi connectivity index (χ0v) is 15.6. The molecule has 0 unspecified atom stereocenters. The molecule has 1 amide bonds. The number of ether oxygens (including phenoxy) is 3. The molecular weight excluding hydrogens is 368 g/mol. The fraction of sp³-hybridized carbons (Fsp3) is 0.474. The lowest BCUT2D eigenvalue weighted by Gasteiger charge is -2.35. The predicted molar refractivity (Wildman–Crippen MR) is 98.9 cm³/mol. The first-order valence-corrected chi connectivity index (χ1v) is 9.22. The number of nitro groups is 1. The lowest BCUT2D eigenvalue weighted by Crippen LogP contribution is -2.45. The number of amides is 1. The van der Waals surface area contributed by atoms with Gasteiger partial charge in [-0.25, -0.2) is 4.79 Å². The highest BCUT2D eigenvalue weighted by atomic mass is 16.7. The summed E-state index contributed by atoms with van der Waals surface area (Å²) in [4.78, 5) is 36.7. The third kappa shape index (κ3) is 4.41. The molecule has 2 heterocycles. The molecule has 0 aliphatic carbocycles. The predicted octanol–water partition coefficient (Wildman–Crippen LogP) is 2.67. The highest BCUT2D eigenvalue weighted by Crippen LogP contribution is 2.38. The number of esters is 1. The van der Waals surface area contributed by atoms with Crippen LogP contribution in [0.1, 0.15) is 38.2 Å². The number of fused-ring (bicyclic) bond motifs is 1. The molecule has 1 aromatic carbocycles. The summed E-state index contributed by atoms with van der Waals surface area (Å²) >= 11 is 0. The van der Waals surface area contributed by atoms with Gasteiger partial charge in [0.2, 0.25) is 6.79 Å². The Balaban J connectivity index is 1.61. The molecule has 3 rings (SSSR count). The van der Waals surface area contributed by atoms with Crippen LogP contribution in [0.2, 0.25) is 0 Å². The van der Waals surface area contributed by atoms with Crippen LogP contribution in [-0.2, 0) is 14.3 Å². The van der Waals surface area contributed by atoms with Gasteiger partial charge in [0.1, 0.15) is 0 Å². The van der Waals surface area contributed by atoms with Crippen molar-refractivity contribution in [1.29, 1.82) is 0 Å². The number of likely N-dealkylation sites (tertiary alicyclic amines) is 1. The smallest absolute Gasteiger partial charge is 0.331 e. The Bertz CT molecular complexity index is 806. The quantitative estimate of drug-likeness (QED) is 0.318. The van der Waals surface area contributed by atoms with Gasteiger partial charge >= 0.3 is 5.97 Å². The summed E-state index contributed by atoms with van der Waals surface area (Å²) in [6.45, 7) is 2.35. The van der Waals surface area contributed by atoms with Crippen molar-refractivity contribution in [3.8, 4) is 11.5 Å². The van der Waals surface area contributed by atoms with E-state index in [1.807, 2.05) is 6.92 Å². The molecule has 0 saturated carbocycles. The maximum absolute atomic E-state index is 12.3. The molecule has 0 N–H and O–H groups in total. The van der Waals surface area contributed by atoms with Gasteiger partial charge in [-0.3, -0.25) is 14.9 Å². The summed E-state index contributed by atoms with van der Waals surface area (Å²) in [5, 5.41) is 11.2. The van der Waals surface area contributed by atoms with Crippen molar-refractivity contribution in [3.63, 3.8) is 0 Å². The first kappa shape index (κ1) is 19.7. The first-order valence-electron chi connectivity index (χ1n) is 9.22. The number of nitrogens with zero attached hydrogens (tertiary/aromatic N) is 2. The molecule has 0 spiro atoms. The maximum Gasteiger partial charge on any atom is 0.331 e. The Morgan fingerprint density at radius 3 is 2.79 bits per heavy atom. The number of nitro benzene ring substituents is 1. The average Bonchev–Trinajstić information content (AvgIpc) is 3.17. The third-order valence-electron chi connectivity index (χ3n) is 4.87. The molecule has 9 heteroatoms. The standard InChI is InChI=1S/C19H22N2O7/c1-2-14-5-3-4-8-20(14)18(22)11-26-19(23)7-6-13-9-16-17(28-12-27-16)10-15(13)21(24)25/h6-7,9-10,14H,2-5,8,11-12H2,1H3/b7-6+/t14-/m0/s1. The molecule has 1 fully saturated rings. The molecule has 1 saturated heterocycles. The van der Waals surface area contributed by atoms with Crippen LogP contribution in [0.3, 0.4) is 0 Å². The Kier molecular flexibility index (Phi) is 6.13. The van der Waals surface area contributed by atoms with Gasteiger partial charge in [-0.15, -0.1) is 0 Å². The van der Waals surface area contributed by atoms with Crippen LogP contribution < -0.4 is 9.47 Å². The van der Waals surface area contributed by atoms with Gasteiger partial charge in [-0.2, -0.15) is 0 Å². The summed E-state index contributed by atoms with van der Waals surface area (Å²) < 4.78 is 15.3. The van der Waals surface area contributed by atoms with E-state index < -0.39 is 10.9 Å². The van der Waals surface area contributed by atoms with Crippen LogP contribution in [-0.4, -0.2) is 47.7 Å². The average molecular weight is 390 g/mol. The van der Waals surface area contributed by atoms with E-state index in [1.54, 1.807) is 4.90 Å². The van der Waals surface area contributed by atoms with E-state index in [4.69, 9.17) is 14.2 Å². The number of carbonyl (C=O) groups excluding carboxylic acids is 2. The third-order valence-corrected chi connectivity index (χ3v) is 4.87. The zero-order valence-electron chi connectivity index (χ0n) is 15.6. The first-order chi connectivity index (χ1) is 13.5. The van der Waals surface area contributed by atoms with Crippen molar-refractivity contribution in [2.24, 2.45) is 0 Å². The Labute approximate surface area is 162 Å². The minimum atomic E-state index is -0.745. The highest BCUT2D eigenvalue weighted by molar-refractivity contribution is 5.90. The van der Waals surface area contributed by atoms with Crippen LogP contribution in [0.25, 0.3) is 6.08 Å². The monoisotopic (exact) mass is 390 g/mol. The normalized spacial score (nSPS) is 18.3. The fourth-order valence-electron chi connectivity index (χ4n) is 3.41. The molecule has 28 heavy (non-hydrogen) atoms. The number of rotatable bonds is 6. The molecule has 2 aliphatic heterocycles. The lowest BCUT2D eigenvalue weighted by molar-refractivity contribution is -0.385. The van der Waals surface area contributed by atoms with Gasteiger partial charge in [0, 0.05) is 18.7 Å². The van der Waals surface area contributed by atoms with Crippen LogP contribution in [0, 0.1) is 10.1 Å². The topological polar surface area (TPSA) is 108 Å². The number of carbonyl (C=O) groups is 2. The number of piperidine rings is 1. The number of benzene rings is 1. The van der Waals surface area contributed by atoms with Crippen molar-refractivity contribution in [2.75, 3.05) is 19.9 Å². The minimum Gasteiger partial charge on any atom is -0.454 e. The van der Waals surface area contributed by atoms with E-state index in [1.165, 1.54) is 18.2 Å². The fourth-order valence-corrected chi connectivity index (χ4v) is 3.41. The molecule has 0 bridgehead atoms. The van der Waals surface area contributed by atoms with Crippen molar-refractivity contribution in [2.45, 2.75) is 38.6 Å². The molecule has 1 aromatic rings. The van der Waals surface area contributed by atoms with Gasteiger partial charge in [0.15, 0.2) is 18.1 Å². The van der Waals surface area contributed by atoms with Gasteiger partial charge < -0.3 is 19.1 Å². The molecule has 1 atom stereocenters. The van der Waals surface area contributed by atoms with E-state index in [9.17, 15) is 19.7 Å². The molecule has 0 radical (unpaired) electrons. The SMILES string of the molecule is CC[C@H]1CCCCN1C(=O)COC(=O)/C=C/c1cc2c(cc1[N+](=O)[O-])OCO2. The second-order valence-corrected chi connectivity index (χ2v) is 6.61. The van der Waals surface area contributed by atoms with E-state index >= 15 is 0 Å². The van der Waals surface area contributed by atoms with Crippen molar-refractivity contribution in [1.82, 2.24) is 4.90 Å². The number of hydrogen-bond acceptors (Lipinski definition) is 7. The summed E-state index contributed by atoms with van der Waals surface area (Å²) in [6, 6.07) is 2.86. The molecule has 0 aromatic heterocycles. The van der Waals surface area contributed by atoms with Gasteiger partial charge in [0.05, 0.1) is 16.6 Å². The molecule has 9 nitrogen and oxygen atoms in total. The van der Waals surface area contributed by atoms with Gasteiger partial charge in [-0.1, -0.05) is 6.92 Å². The van der Waals surface area contributed by atoms with E-state index in [0.717, 1.165) is 31.8 Å². The molecule has 2 aliphatic rings. The van der Waals surface area contributed by atoms with Crippen LogP contribution in [0.4, 0.5) is 5.69 Å². The summed E-state index contributed by atoms with van der Waals surface area (Å²) in [6.07, 6.45) is 6.20. The summed E-state index contributed by atoms with van der Waals surface area (Å²) in [7, 11) is 0. The molecule has 150 valence electrons. The van der Waals surface area contributed by atoms with Crippen molar-refractivity contribution < 1.29 is 28.7 Å². The largest absolute Gasteiger partial charge is 0.454 e. The van der Waals surface area contributed by atoms with Crippen LogP contribution >= 0.6 is 0 Å². The van der Waals surface area contributed by atoms with Gasteiger partial charge in [-0.05, 0) is 37.8 Å². The maximum atomic E-state index is 12.3.